The van der Waals surface area contributed by atoms with Gasteiger partial charge >= 0.3 is 5.97 Å². The van der Waals surface area contributed by atoms with Gasteiger partial charge in [-0.25, -0.2) is 4.79 Å². The van der Waals surface area contributed by atoms with E-state index in [4.69, 9.17) is 9.47 Å². The van der Waals surface area contributed by atoms with E-state index >= 15 is 0 Å². The number of esters is 1. The highest BCUT2D eigenvalue weighted by atomic mass is 16.5. The molecule has 1 amide bonds. The number of carbonyl (C=O) groups excluding carboxylic acids is 2. The topological polar surface area (TPSA) is 55.8 Å². The minimum absolute atomic E-state index is 0.0906. The molecule has 0 unspecified atom stereocenters. The molecule has 120 valence electrons. The predicted molar refractivity (Wildman–Crippen MR) is 82.7 cm³/mol. The van der Waals surface area contributed by atoms with Crippen LogP contribution in [0.3, 0.4) is 0 Å². The molecule has 0 bridgehead atoms. The fourth-order valence-electron chi connectivity index (χ4n) is 2.50. The van der Waals surface area contributed by atoms with Gasteiger partial charge < -0.3 is 14.4 Å². The van der Waals surface area contributed by atoms with Gasteiger partial charge in [0.25, 0.3) is 0 Å². The van der Waals surface area contributed by atoms with Gasteiger partial charge in [0.1, 0.15) is 11.9 Å². The lowest BCUT2D eigenvalue weighted by Gasteiger charge is -2.29. The van der Waals surface area contributed by atoms with Crippen LogP contribution in [0.4, 0.5) is 0 Å². The van der Waals surface area contributed by atoms with Gasteiger partial charge in [-0.1, -0.05) is 26.8 Å². The highest BCUT2D eigenvalue weighted by Crippen LogP contribution is 2.29. The lowest BCUT2D eigenvalue weighted by molar-refractivity contribution is -0.140. The van der Waals surface area contributed by atoms with Crippen molar-refractivity contribution >= 4 is 11.9 Å². The summed E-state index contributed by atoms with van der Waals surface area (Å²) in [5.41, 5.74) is 0.912. The molecule has 1 atom stereocenters. The zero-order valence-corrected chi connectivity index (χ0v) is 13.8. The lowest BCUT2D eigenvalue weighted by atomic mass is 9.94. The Balaban J connectivity index is 2.33. The van der Waals surface area contributed by atoms with Crippen LogP contribution >= 0.6 is 0 Å². The van der Waals surface area contributed by atoms with Crippen molar-refractivity contribution in [3.8, 4) is 5.75 Å². The molecule has 0 fully saturated rings. The van der Waals surface area contributed by atoms with Gasteiger partial charge in [-0.2, -0.15) is 0 Å². The van der Waals surface area contributed by atoms with Crippen LogP contribution in [0.1, 0.15) is 43.6 Å². The maximum absolute atomic E-state index is 12.5. The van der Waals surface area contributed by atoms with Gasteiger partial charge in [0.05, 0.1) is 19.2 Å². The second-order valence-corrected chi connectivity index (χ2v) is 6.68. The minimum Gasteiger partial charge on any atom is -0.488 e. The first-order valence-electron chi connectivity index (χ1n) is 7.39. The van der Waals surface area contributed by atoms with Crippen molar-refractivity contribution in [2.45, 2.75) is 40.3 Å². The minimum atomic E-state index is -0.434. The van der Waals surface area contributed by atoms with Crippen molar-refractivity contribution in [1.82, 2.24) is 4.90 Å². The molecule has 5 nitrogen and oxygen atoms in total. The molecule has 1 aliphatic rings. The van der Waals surface area contributed by atoms with Gasteiger partial charge in [0.15, 0.2) is 0 Å². The Bertz CT molecular complexity index is 589. The highest BCUT2D eigenvalue weighted by Gasteiger charge is 2.31. The van der Waals surface area contributed by atoms with Crippen molar-refractivity contribution in [1.29, 1.82) is 0 Å². The van der Waals surface area contributed by atoms with Crippen LogP contribution < -0.4 is 4.74 Å². The van der Waals surface area contributed by atoms with E-state index in [-0.39, 0.29) is 12.0 Å². The monoisotopic (exact) mass is 305 g/mol. The summed E-state index contributed by atoms with van der Waals surface area (Å²) in [6.45, 7) is 8.66. The average Bonchev–Trinajstić information content (AvgIpc) is 2.61. The lowest BCUT2D eigenvalue weighted by Crippen LogP contribution is -2.42. The van der Waals surface area contributed by atoms with Crippen LogP contribution in [0, 0.1) is 5.41 Å². The largest absolute Gasteiger partial charge is 0.488 e. The third kappa shape index (κ3) is 3.40. The molecule has 2 rings (SSSR count). The number of fused-ring (bicyclic) bond motifs is 1. The number of benzene rings is 1. The summed E-state index contributed by atoms with van der Waals surface area (Å²) >= 11 is 0. The van der Waals surface area contributed by atoms with Crippen LogP contribution in [0.15, 0.2) is 18.2 Å². The van der Waals surface area contributed by atoms with E-state index in [1.54, 1.807) is 12.1 Å². The Kier molecular flexibility index (Phi) is 4.44. The Hall–Kier alpha value is -2.04. The molecule has 0 N–H and O–H groups in total. The van der Waals surface area contributed by atoms with E-state index in [1.807, 2.05) is 38.7 Å². The zero-order valence-electron chi connectivity index (χ0n) is 13.8. The molecule has 0 saturated heterocycles. The van der Waals surface area contributed by atoms with E-state index in [2.05, 4.69) is 0 Å². The van der Waals surface area contributed by atoms with Crippen molar-refractivity contribution in [3.63, 3.8) is 0 Å². The Labute approximate surface area is 131 Å². The van der Waals surface area contributed by atoms with Gasteiger partial charge in [-0.05, 0) is 19.1 Å². The second-order valence-electron chi connectivity index (χ2n) is 6.68. The summed E-state index contributed by atoms with van der Waals surface area (Å²) in [5, 5.41) is 0. The van der Waals surface area contributed by atoms with E-state index in [0.717, 1.165) is 5.56 Å². The normalized spacial score (nSPS) is 18.0. The number of amides is 1. The quantitative estimate of drug-likeness (QED) is 0.748. The number of hydrogen-bond acceptors (Lipinski definition) is 4. The van der Waals surface area contributed by atoms with Gasteiger partial charge in [-0.15, -0.1) is 0 Å². The predicted octanol–water partition coefficient (Wildman–Crippen LogP) is 2.63. The van der Waals surface area contributed by atoms with Crippen LogP contribution in [0.5, 0.6) is 5.75 Å². The van der Waals surface area contributed by atoms with Crippen LogP contribution in [0.2, 0.25) is 0 Å². The van der Waals surface area contributed by atoms with E-state index < -0.39 is 11.4 Å². The maximum Gasteiger partial charge on any atom is 0.337 e. The fraction of sp³-hybridized carbons (Fsp3) is 0.529. The van der Waals surface area contributed by atoms with Crippen molar-refractivity contribution < 1.29 is 19.1 Å². The molecular weight excluding hydrogens is 282 g/mol. The van der Waals surface area contributed by atoms with Gasteiger partial charge in [-0.3, -0.25) is 4.79 Å². The Morgan fingerprint density at radius 1 is 1.32 bits per heavy atom. The zero-order chi connectivity index (χ0) is 16.5. The maximum atomic E-state index is 12.5. The molecule has 0 aromatic heterocycles. The molecule has 22 heavy (non-hydrogen) atoms. The summed E-state index contributed by atoms with van der Waals surface area (Å²) in [5.74, 6) is 0.332. The van der Waals surface area contributed by atoms with E-state index in [9.17, 15) is 9.59 Å². The first kappa shape index (κ1) is 16.3. The number of nitrogens with zero attached hydrogens (tertiary/aromatic N) is 1. The molecule has 5 heteroatoms. The molecule has 1 aromatic rings. The smallest absolute Gasteiger partial charge is 0.337 e. The first-order chi connectivity index (χ1) is 10.2. The molecule has 0 aliphatic carbocycles. The molecule has 0 saturated carbocycles. The molecule has 1 heterocycles. The molecule has 1 aliphatic heterocycles. The number of methoxy groups -OCH3 is 1. The van der Waals surface area contributed by atoms with E-state index in [0.29, 0.717) is 24.4 Å². The van der Waals surface area contributed by atoms with Crippen LogP contribution in [-0.2, 0) is 16.1 Å². The summed E-state index contributed by atoms with van der Waals surface area (Å²) in [6.07, 6.45) is -0.138. The highest BCUT2D eigenvalue weighted by molar-refractivity contribution is 5.90. The third-order valence-corrected chi connectivity index (χ3v) is 3.58. The summed E-state index contributed by atoms with van der Waals surface area (Å²) in [7, 11) is 1.35. The molecule has 0 radical (unpaired) electrons. The Morgan fingerprint density at radius 3 is 2.59 bits per heavy atom. The summed E-state index contributed by atoms with van der Waals surface area (Å²) in [6, 6.07) is 5.20. The van der Waals surface area contributed by atoms with Crippen LogP contribution in [0.25, 0.3) is 0 Å². The summed E-state index contributed by atoms with van der Waals surface area (Å²) in [4.78, 5) is 26.0. The number of carbonyl (C=O) groups is 2. The number of hydrogen-bond donors (Lipinski definition) is 0. The number of ether oxygens (including phenoxy) is 2. The molecule has 0 spiro atoms. The average molecular weight is 305 g/mol. The van der Waals surface area contributed by atoms with Gasteiger partial charge in [0.2, 0.25) is 5.91 Å². The Morgan fingerprint density at radius 2 is 2.00 bits per heavy atom. The van der Waals surface area contributed by atoms with Crippen molar-refractivity contribution in [2.24, 2.45) is 5.41 Å². The molecular formula is C17H23NO4. The fourth-order valence-corrected chi connectivity index (χ4v) is 2.50. The SMILES string of the molecule is COC(=O)c1ccc2c(c1)O[C@H](C)CN(C(=O)C(C)(C)C)C2. The summed E-state index contributed by atoms with van der Waals surface area (Å²) < 4.78 is 10.6. The standard InChI is InChI=1S/C17H23NO4/c1-11-9-18(16(20)17(2,3)4)10-13-7-6-12(15(19)21-5)8-14(13)22-11/h6-8,11H,9-10H2,1-5H3/t11-/m1/s1. The molecule has 1 aromatic carbocycles. The van der Waals surface area contributed by atoms with Crippen LogP contribution in [-0.4, -0.2) is 36.5 Å². The van der Waals surface area contributed by atoms with Crippen molar-refractivity contribution in [2.75, 3.05) is 13.7 Å². The van der Waals surface area contributed by atoms with Crippen molar-refractivity contribution in [3.05, 3.63) is 29.3 Å². The number of rotatable bonds is 1. The first-order valence-corrected chi connectivity index (χ1v) is 7.39. The third-order valence-electron chi connectivity index (χ3n) is 3.58. The van der Waals surface area contributed by atoms with Gasteiger partial charge in [0, 0.05) is 17.5 Å². The van der Waals surface area contributed by atoms with E-state index in [1.165, 1.54) is 7.11 Å². The second kappa shape index (κ2) is 5.99.